The Hall–Kier alpha value is -5.50. The molecule has 0 aliphatic heterocycles. The largest absolute Gasteiger partial charge is 0.573 e. The maximum atomic E-state index is 14.9. The summed E-state index contributed by atoms with van der Waals surface area (Å²) in [6.45, 7) is 3.33. The van der Waals surface area contributed by atoms with E-state index in [0.717, 1.165) is 23.4 Å². The molecule has 1 aliphatic rings. The van der Waals surface area contributed by atoms with Gasteiger partial charge in [-0.05, 0) is 69.9 Å². The second-order valence-electron chi connectivity index (χ2n) is 14.3. The van der Waals surface area contributed by atoms with Crippen molar-refractivity contribution in [1.82, 2.24) is 14.7 Å². The van der Waals surface area contributed by atoms with Crippen LogP contribution in [0.15, 0.2) is 42.7 Å². The van der Waals surface area contributed by atoms with Gasteiger partial charge in [0, 0.05) is 30.2 Å². The first-order valence-corrected chi connectivity index (χ1v) is 18.4. The van der Waals surface area contributed by atoms with Crippen LogP contribution in [0, 0.1) is 11.3 Å². The number of nitrogens with zero attached hydrogens (tertiary/aromatic N) is 4. The van der Waals surface area contributed by atoms with Crippen LogP contribution in [0.5, 0.6) is 5.75 Å². The number of carbonyl (C=O) groups is 4. The third kappa shape index (κ3) is 11.9. The van der Waals surface area contributed by atoms with E-state index >= 15 is 0 Å². The highest BCUT2D eigenvalue weighted by molar-refractivity contribution is 6.34. The molecule has 1 heterocycles. The zero-order valence-corrected chi connectivity index (χ0v) is 33.7. The van der Waals surface area contributed by atoms with Crippen LogP contribution in [0.2, 0.25) is 10.0 Å². The molecule has 25 heteroatoms. The highest BCUT2D eigenvalue weighted by Gasteiger charge is 2.73. The van der Waals surface area contributed by atoms with Crippen molar-refractivity contribution in [2.75, 3.05) is 19.9 Å². The molecule has 0 spiro atoms. The maximum Gasteiger partial charge on any atom is 0.573 e. The number of hydrogen-bond donors (Lipinski definition) is 0. The number of esters is 2. The number of halogens is 12. The molecular formula is C37H32Cl2F10N4O9. The quantitative estimate of drug-likeness (QED) is 0.0470. The van der Waals surface area contributed by atoms with Crippen molar-refractivity contribution in [2.24, 2.45) is 0 Å². The first-order chi connectivity index (χ1) is 28.5. The van der Waals surface area contributed by atoms with Crippen LogP contribution in [0.1, 0.15) is 68.8 Å². The average Bonchev–Trinajstić information content (AvgIpc) is 3.78. The topological polar surface area (TPSA) is 159 Å². The van der Waals surface area contributed by atoms with Gasteiger partial charge in [-0.3, -0.25) is 19.3 Å². The first-order valence-electron chi connectivity index (χ1n) is 17.7. The first kappa shape index (κ1) is 49.2. The summed E-state index contributed by atoms with van der Waals surface area (Å²) in [5, 5.41) is 12.1. The van der Waals surface area contributed by atoms with Gasteiger partial charge in [-0.2, -0.15) is 36.7 Å². The van der Waals surface area contributed by atoms with E-state index in [1.165, 1.54) is 12.1 Å². The lowest BCUT2D eigenvalue weighted by Crippen LogP contribution is -2.50. The van der Waals surface area contributed by atoms with Gasteiger partial charge in [0.05, 0.1) is 27.9 Å². The lowest BCUT2D eigenvalue weighted by molar-refractivity contribution is -0.348. The molecule has 338 valence electrons. The van der Waals surface area contributed by atoms with Gasteiger partial charge >= 0.3 is 42.5 Å². The number of amides is 1. The van der Waals surface area contributed by atoms with Crippen LogP contribution in [0.25, 0.3) is 16.8 Å². The fourth-order valence-electron chi connectivity index (χ4n) is 5.51. The number of ether oxygens (including phenoxy) is 5. The van der Waals surface area contributed by atoms with Gasteiger partial charge in [0.2, 0.25) is 0 Å². The van der Waals surface area contributed by atoms with E-state index < -0.39 is 108 Å². The zero-order valence-electron chi connectivity index (χ0n) is 32.2. The predicted molar refractivity (Wildman–Crippen MR) is 192 cm³/mol. The molecule has 0 unspecified atom stereocenters. The molecule has 2 aromatic carbocycles. The Kier molecular flexibility index (Phi) is 14.6. The minimum absolute atomic E-state index is 0.0217. The van der Waals surface area contributed by atoms with E-state index in [1.807, 2.05) is 6.07 Å². The van der Waals surface area contributed by atoms with E-state index in [1.54, 1.807) is 20.8 Å². The molecular weight excluding hydrogens is 905 g/mol. The summed E-state index contributed by atoms with van der Waals surface area (Å²) in [6.07, 6.45) is -18.4. The highest BCUT2D eigenvalue weighted by atomic mass is 35.5. The van der Waals surface area contributed by atoms with Crippen molar-refractivity contribution in [3.05, 3.63) is 63.9 Å². The molecule has 1 aliphatic carbocycles. The Morgan fingerprint density at radius 1 is 0.839 bits per heavy atom. The molecule has 1 fully saturated rings. The van der Waals surface area contributed by atoms with Gasteiger partial charge in [-0.15, -0.1) is 13.2 Å². The van der Waals surface area contributed by atoms with Gasteiger partial charge in [-0.1, -0.05) is 29.3 Å². The Morgan fingerprint density at radius 3 is 2.02 bits per heavy atom. The third-order valence-electron chi connectivity index (χ3n) is 8.53. The number of hydrogen-bond acceptors (Lipinski definition) is 11. The minimum atomic E-state index is -6.71. The normalized spacial score (nSPS) is 14.0. The molecule has 62 heavy (non-hydrogen) atoms. The Bertz CT molecular complexity index is 2200. The molecule has 1 aromatic heterocycles. The SMILES string of the molecule is CC(C)(C)OC(=O)CCCC(=O)OCCOC(=O)OCN(C(=O)c1cc(-c2cnn(-c3c(Cl)cc(C(F)(C(F)(F)F)C(F)(F)F)cc3OC(F)(F)F)c2)ccc1Cl)C1(C#N)CC1. The van der Waals surface area contributed by atoms with Gasteiger partial charge in [0.1, 0.15) is 30.0 Å². The van der Waals surface area contributed by atoms with Crippen LogP contribution < -0.4 is 4.74 Å². The van der Waals surface area contributed by atoms with Gasteiger partial charge in [0.25, 0.3) is 5.91 Å². The number of benzene rings is 2. The van der Waals surface area contributed by atoms with Crippen LogP contribution >= 0.6 is 23.2 Å². The fraction of sp³-hybridized carbons (Fsp3) is 0.459. The highest BCUT2D eigenvalue weighted by Crippen LogP contribution is 2.55. The van der Waals surface area contributed by atoms with Gasteiger partial charge in [-0.25, -0.2) is 13.9 Å². The number of nitriles is 1. The van der Waals surface area contributed by atoms with E-state index in [-0.39, 0.29) is 59.9 Å². The summed E-state index contributed by atoms with van der Waals surface area (Å²) in [5.41, 5.74) is -12.2. The van der Waals surface area contributed by atoms with Crippen molar-refractivity contribution in [1.29, 1.82) is 5.26 Å². The van der Waals surface area contributed by atoms with Crippen molar-refractivity contribution in [3.63, 3.8) is 0 Å². The lowest BCUT2D eigenvalue weighted by atomic mass is 9.93. The molecule has 0 N–H and O–H groups in total. The zero-order chi connectivity index (χ0) is 46.6. The fourth-order valence-corrected chi connectivity index (χ4v) is 6.01. The number of carbonyl (C=O) groups excluding carboxylic acids is 4. The van der Waals surface area contributed by atoms with Crippen LogP contribution in [-0.2, 0) is 34.2 Å². The number of aromatic nitrogens is 2. The second-order valence-corrected chi connectivity index (χ2v) is 15.1. The predicted octanol–water partition coefficient (Wildman–Crippen LogP) is 9.70. The van der Waals surface area contributed by atoms with Crippen molar-refractivity contribution < 1.29 is 86.8 Å². The Morgan fingerprint density at radius 2 is 1.45 bits per heavy atom. The molecule has 1 saturated carbocycles. The second kappa shape index (κ2) is 18.5. The average molecular weight is 938 g/mol. The summed E-state index contributed by atoms with van der Waals surface area (Å²) in [5.74, 6) is -3.97. The summed E-state index contributed by atoms with van der Waals surface area (Å²) < 4.78 is 160. The molecule has 3 aromatic rings. The van der Waals surface area contributed by atoms with E-state index in [0.29, 0.717) is 4.68 Å². The summed E-state index contributed by atoms with van der Waals surface area (Å²) >= 11 is 12.2. The number of alkyl halides is 10. The van der Waals surface area contributed by atoms with Crippen molar-refractivity contribution in [2.45, 2.75) is 88.4 Å². The summed E-state index contributed by atoms with van der Waals surface area (Å²) in [7, 11) is 0. The molecule has 0 atom stereocenters. The molecule has 1 amide bonds. The van der Waals surface area contributed by atoms with E-state index in [9.17, 15) is 68.3 Å². The summed E-state index contributed by atoms with van der Waals surface area (Å²) in [4.78, 5) is 50.8. The van der Waals surface area contributed by atoms with Crippen molar-refractivity contribution >= 4 is 47.2 Å². The minimum Gasteiger partial charge on any atom is -0.462 e. The van der Waals surface area contributed by atoms with Crippen LogP contribution in [0.4, 0.5) is 48.7 Å². The Balaban J connectivity index is 1.51. The smallest absolute Gasteiger partial charge is 0.462 e. The lowest BCUT2D eigenvalue weighted by Gasteiger charge is -2.31. The number of rotatable bonds is 15. The third-order valence-corrected chi connectivity index (χ3v) is 9.15. The standard InChI is InChI=1S/C37H32Cl2F10N4O9/c1-32(2,3)62-28(55)6-4-5-27(54)58-11-12-59-31(57)60-19-52(33(18-50)9-10-33)30(56)23-13-20(7-8-24(23)38)21-16-51-53(17-21)29-25(39)14-22(15-26(29)61-37(47,48)49)34(40,35(41,42)43)36(44,45)46/h7-8,13-17H,4-6,9-12,19H2,1-3H3. The molecule has 4 rings (SSSR count). The van der Waals surface area contributed by atoms with Crippen LogP contribution in [0.3, 0.4) is 0 Å². The van der Waals surface area contributed by atoms with Crippen LogP contribution in [-0.4, -0.2) is 88.5 Å². The molecule has 13 nitrogen and oxygen atoms in total. The van der Waals surface area contributed by atoms with Gasteiger partial charge < -0.3 is 23.7 Å². The maximum absolute atomic E-state index is 14.9. The Labute approximate surface area is 354 Å². The van der Waals surface area contributed by atoms with E-state index in [4.69, 9.17) is 42.1 Å². The van der Waals surface area contributed by atoms with Crippen molar-refractivity contribution in [3.8, 4) is 28.6 Å². The van der Waals surface area contributed by atoms with E-state index in [2.05, 4.69) is 9.84 Å². The monoisotopic (exact) mass is 936 g/mol. The molecule has 0 saturated heterocycles. The summed E-state index contributed by atoms with van der Waals surface area (Å²) in [6, 6.07) is 4.85. The molecule has 0 bridgehead atoms. The molecule has 0 radical (unpaired) electrons. The van der Waals surface area contributed by atoms with Gasteiger partial charge in [0.15, 0.2) is 12.5 Å².